The maximum absolute atomic E-state index is 12.4. The summed E-state index contributed by atoms with van der Waals surface area (Å²) in [6.07, 6.45) is 1.11. The van der Waals surface area contributed by atoms with Crippen molar-refractivity contribution >= 4 is 35.0 Å². The summed E-state index contributed by atoms with van der Waals surface area (Å²) in [4.78, 5) is 37.0. The van der Waals surface area contributed by atoms with Crippen molar-refractivity contribution < 1.29 is 19.1 Å². The second-order valence-corrected chi connectivity index (χ2v) is 5.45. The van der Waals surface area contributed by atoms with Gasteiger partial charge in [-0.3, -0.25) is 9.59 Å². The van der Waals surface area contributed by atoms with Crippen molar-refractivity contribution in [2.45, 2.75) is 38.6 Å². The van der Waals surface area contributed by atoms with Gasteiger partial charge in [0.2, 0.25) is 5.91 Å². The number of esters is 1. The summed E-state index contributed by atoms with van der Waals surface area (Å²) < 4.78 is 4.79. The van der Waals surface area contributed by atoms with Gasteiger partial charge < -0.3 is 15.4 Å². The van der Waals surface area contributed by atoms with Crippen LogP contribution in [0.5, 0.6) is 0 Å². The van der Waals surface area contributed by atoms with Crippen molar-refractivity contribution in [1.29, 1.82) is 5.26 Å². The number of carbonyl (C=O) groups excluding carboxylic acids is 3. The quantitative estimate of drug-likeness (QED) is 0.539. The predicted molar refractivity (Wildman–Crippen MR) is 81.4 cm³/mol. The smallest absolute Gasteiger partial charge is 0.334 e. The molecule has 22 heavy (non-hydrogen) atoms. The van der Waals surface area contributed by atoms with Crippen molar-refractivity contribution in [3.05, 3.63) is 0 Å². The second-order valence-electron chi connectivity index (χ2n) is 5.04. The number of rotatable bonds is 6. The Morgan fingerprint density at radius 1 is 1.50 bits per heavy atom. The van der Waals surface area contributed by atoms with Gasteiger partial charge in [0.05, 0.1) is 19.1 Å². The molecule has 120 valence electrons. The molecule has 1 heterocycles. The van der Waals surface area contributed by atoms with Crippen LogP contribution in [0.4, 0.5) is 0 Å². The summed E-state index contributed by atoms with van der Waals surface area (Å²) in [6.45, 7) is 3.55. The topological polar surface area (TPSA) is 108 Å². The highest BCUT2D eigenvalue weighted by Crippen LogP contribution is 2.34. The van der Waals surface area contributed by atoms with E-state index in [0.717, 1.165) is 7.11 Å². The van der Waals surface area contributed by atoms with Gasteiger partial charge in [-0.15, -0.1) is 0 Å². The predicted octanol–water partition coefficient (Wildman–Crippen LogP) is 0.438. The Hall–Kier alpha value is -2.01. The van der Waals surface area contributed by atoms with Gasteiger partial charge >= 0.3 is 5.97 Å². The zero-order valence-corrected chi connectivity index (χ0v) is 13.6. The van der Waals surface area contributed by atoms with Gasteiger partial charge in [-0.05, 0) is 25.1 Å². The fourth-order valence-electron chi connectivity index (χ4n) is 2.84. The molecule has 0 aliphatic carbocycles. The van der Waals surface area contributed by atoms with E-state index in [-0.39, 0.29) is 23.7 Å². The third kappa shape index (κ3) is 2.95. The Morgan fingerprint density at radius 2 is 2.14 bits per heavy atom. The van der Waals surface area contributed by atoms with E-state index >= 15 is 0 Å². The van der Waals surface area contributed by atoms with E-state index in [1.54, 1.807) is 13.0 Å². The Balaban J connectivity index is 3.49. The van der Waals surface area contributed by atoms with E-state index in [1.807, 2.05) is 6.92 Å². The van der Waals surface area contributed by atoms with Crippen LogP contribution in [0.2, 0.25) is 0 Å². The number of methoxy groups -OCH3 is 1. The molecule has 1 saturated heterocycles. The minimum Gasteiger partial charge on any atom is -0.467 e. The number of nitriles is 1. The molecule has 2 N–H and O–H groups in total. The van der Waals surface area contributed by atoms with Crippen molar-refractivity contribution in [2.75, 3.05) is 7.11 Å². The van der Waals surface area contributed by atoms with Crippen LogP contribution in [-0.2, 0) is 19.1 Å². The fraction of sp³-hybridized carbons (Fsp3) is 0.643. The van der Waals surface area contributed by atoms with Crippen LogP contribution >= 0.6 is 12.2 Å². The number of ether oxygens (including phenoxy) is 1. The van der Waals surface area contributed by atoms with E-state index in [9.17, 15) is 19.6 Å². The highest BCUT2D eigenvalue weighted by Gasteiger charge is 2.60. The highest BCUT2D eigenvalue weighted by molar-refractivity contribution is 7.80. The first-order chi connectivity index (χ1) is 10.4. The SMILES string of the molecule is CCCC(=O)[C@H](CC)[C@@]1(C(=O)OC)NC(=S)NC(=O)[C@H]1C#N. The third-order valence-electron chi connectivity index (χ3n) is 3.77. The minimum atomic E-state index is -1.79. The van der Waals surface area contributed by atoms with Crippen LogP contribution in [0.25, 0.3) is 0 Å². The largest absolute Gasteiger partial charge is 0.467 e. The first-order valence-corrected chi connectivity index (χ1v) is 7.43. The standard InChI is InChI=1S/C14H19N3O4S/c1-4-6-10(18)8(5-2)14(12(20)21-3)9(7-15)11(19)16-13(22)17-14/h8-9H,4-6H2,1-3H3,(H2,16,17,19,22)/t8-,9+,14+/m0/s1. The minimum absolute atomic E-state index is 0.0929. The summed E-state index contributed by atoms with van der Waals surface area (Å²) in [5.74, 6) is -4.04. The number of amides is 1. The fourth-order valence-corrected chi connectivity index (χ4v) is 3.10. The van der Waals surface area contributed by atoms with Gasteiger partial charge in [-0.25, -0.2) is 4.79 Å². The lowest BCUT2D eigenvalue weighted by atomic mass is 9.69. The number of carbonyl (C=O) groups is 3. The summed E-state index contributed by atoms with van der Waals surface area (Å²) in [7, 11) is 1.15. The summed E-state index contributed by atoms with van der Waals surface area (Å²) >= 11 is 4.95. The van der Waals surface area contributed by atoms with Crippen LogP contribution in [-0.4, -0.2) is 35.4 Å². The van der Waals surface area contributed by atoms with Gasteiger partial charge in [-0.1, -0.05) is 13.8 Å². The summed E-state index contributed by atoms with van der Waals surface area (Å²) in [5.41, 5.74) is -1.79. The van der Waals surface area contributed by atoms with Crippen LogP contribution in [0.15, 0.2) is 0 Å². The number of ketones is 1. The zero-order valence-electron chi connectivity index (χ0n) is 12.8. The van der Waals surface area contributed by atoms with E-state index in [2.05, 4.69) is 10.6 Å². The number of thiocarbonyl (C=S) groups is 1. The molecule has 1 fully saturated rings. The van der Waals surface area contributed by atoms with Crippen molar-refractivity contribution in [3.63, 3.8) is 0 Å². The molecule has 0 radical (unpaired) electrons. The van der Waals surface area contributed by atoms with Crippen molar-refractivity contribution in [3.8, 4) is 6.07 Å². The van der Waals surface area contributed by atoms with E-state index in [1.165, 1.54) is 0 Å². The molecule has 0 bridgehead atoms. The molecular formula is C14H19N3O4S. The van der Waals surface area contributed by atoms with Crippen LogP contribution in [0.1, 0.15) is 33.1 Å². The molecule has 3 atom stereocenters. The Labute approximate surface area is 134 Å². The molecule has 0 aromatic rings. The summed E-state index contributed by atoms with van der Waals surface area (Å²) in [5, 5.41) is 14.3. The maximum Gasteiger partial charge on any atom is 0.334 e. The van der Waals surface area contributed by atoms with Crippen molar-refractivity contribution in [1.82, 2.24) is 10.6 Å². The molecule has 0 saturated carbocycles. The van der Waals surface area contributed by atoms with Crippen LogP contribution < -0.4 is 10.6 Å². The van der Waals surface area contributed by atoms with Gasteiger partial charge in [0, 0.05) is 6.42 Å². The molecule has 0 aromatic heterocycles. The molecule has 7 nitrogen and oxygen atoms in total. The molecule has 0 unspecified atom stereocenters. The zero-order chi connectivity index (χ0) is 16.9. The van der Waals surface area contributed by atoms with E-state index in [0.29, 0.717) is 6.42 Å². The molecular weight excluding hydrogens is 306 g/mol. The normalized spacial score (nSPS) is 25.5. The van der Waals surface area contributed by atoms with Crippen LogP contribution in [0.3, 0.4) is 0 Å². The maximum atomic E-state index is 12.4. The van der Waals surface area contributed by atoms with E-state index in [4.69, 9.17) is 17.0 Å². The lowest BCUT2D eigenvalue weighted by molar-refractivity contribution is -0.158. The molecule has 1 rings (SSSR count). The molecule has 1 aliphatic heterocycles. The van der Waals surface area contributed by atoms with Gasteiger partial charge in [0.1, 0.15) is 5.78 Å². The van der Waals surface area contributed by atoms with Gasteiger partial charge in [0.15, 0.2) is 16.6 Å². The van der Waals surface area contributed by atoms with E-state index < -0.39 is 29.3 Å². The van der Waals surface area contributed by atoms with Gasteiger partial charge in [0.25, 0.3) is 0 Å². The number of nitrogens with zero attached hydrogens (tertiary/aromatic N) is 1. The van der Waals surface area contributed by atoms with Crippen LogP contribution in [0, 0.1) is 23.2 Å². The first-order valence-electron chi connectivity index (χ1n) is 7.02. The molecule has 0 spiro atoms. The molecule has 8 heteroatoms. The molecule has 1 amide bonds. The number of Topliss-reactive ketones (excluding diaryl/α,β-unsaturated/α-hetero) is 1. The first kappa shape index (κ1) is 18.0. The second kappa shape index (κ2) is 7.31. The number of hydrogen-bond donors (Lipinski definition) is 2. The Morgan fingerprint density at radius 3 is 2.59 bits per heavy atom. The van der Waals surface area contributed by atoms with Gasteiger partial charge in [-0.2, -0.15) is 5.26 Å². The van der Waals surface area contributed by atoms with Crippen molar-refractivity contribution in [2.24, 2.45) is 11.8 Å². The molecule has 0 aromatic carbocycles. The Kier molecular flexibility index (Phi) is 6.00. The average molecular weight is 325 g/mol. The lowest BCUT2D eigenvalue weighted by Crippen LogP contribution is -2.73. The average Bonchev–Trinajstić information content (AvgIpc) is 2.46. The Bertz CT molecular complexity index is 543. The monoisotopic (exact) mass is 325 g/mol. The number of nitrogens with one attached hydrogen (secondary N) is 2. The highest BCUT2D eigenvalue weighted by atomic mass is 32.1. The molecule has 1 aliphatic rings. The lowest BCUT2D eigenvalue weighted by Gasteiger charge is -2.43. The summed E-state index contributed by atoms with van der Waals surface area (Å²) in [6, 6.07) is 1.80. The third-order valence-corrected chi connectivity index (χ3v) is 3.97. The number of hydrogen-bond acceptors (Lipinski definition) is 6.